The Morgan fingerprint density at radius 3 is 2.28 bits per heavy atom. The van der Waals surface area contributed by atoms with Crippen LogP contribution in [0.2, 0.25) is 0 Å². The van der Waals surface area contributed by atoms with E-state index in [1.54, 1.807) is 36.4 Å². The Balaban J connectivity index is 1.76. The molecule has 0 aliphatic carbocycles. The summed E-state index contributed by atoms with van der Waals surface area (Å²) >= 11 is 0. The molecule has 3 aromatic rings. The van der Waals surface area contributed by atoms with Crippen LogP contribution < -0.4 is 10.6 Å². The van der Waals surface area contributed by atoms with Crippen LogP contribution in [0.25, 0.3) is 0 Å². The molecule has 3 rings (SSSR count). The van der Waals surface area contributed by atoms with E-state index in [2.05, 4.69) is 34.7 Å². The molecule has 0 saturated heterocycles. The molecule has 2 aromatic carbocycles. The van der Waals surface area contributed by atoms with Crippen LogP contribution in [0.15, 0.2) is 54.7 Å². The van der Waals surface area contributed by atoms with Crippen LogP contribution in [0.4, 0.5) is 17.2 Å². The van der Waals surface area contributed by atoms with Gasteiger partial charge >= 0.3 is 5.97 Å². The normalized spacial score (nSPS) is 10.3. The third kappa shape index (κ3) is 4.60. The molecule has 2 N–H and O–H groups in total. The van der Waals surface area contributed by atoms with E-state index < -0.39 is 5.97 Å². The molecule has 0 fully saturated rings. The quantitative estimate of drug-likeness (QED) is 0.613. The summed E-state index contributed by atoms with van der Waals surface area (Å²) in [4.78, 5) is 28.8. The van der Waals surface area contributed by atoms with E-state index in [-0.39, 0.29) is 5.91 Å². The van der Waals surface area contributed by atoms with Crippen molar-refractivity contribution >= 4 is 29.1 Å². The minimum Gasteiger partial charge on any atom is -0.465 e. The lowest BCUT2D eigenvalue weighted by molar-refractivity contribution is 0.0602. The first kappa shape index (κ1) is 20.1. The molecule has 6 nitrogen and oxygen atoms in total. The lowest BCUT2D eigenvalue weighted by Crippen LogP contribution is -2.15. The average molecular weight is 389 g/mol. The smallest absolute Gasteiger partial charge is 0.339 e. The number of nitrogens with zero attached hydrogens (tertiary/aromatic N) is 1. The van der Waals surface area contributed by atoms with Gasteiger partial charge in [-0.2, -0.15) is 0 Å². The topological polar surface area (TPSA) is 80.3 Å². The molecule has 0 radical (unpaired) electrons. The number of carbonyl (C=O) groups is 2. The standard InChI is InChI=1S/C23H23N3O3/c1-14-11-15(2)21(16(3)12-14)26-20-10-9-17(13-24-20)22(27)25-19-8-6-5-7-18(19)23(28)29-4/h5-13H,1-4H3,(H,24,26)(H,25,27). The Kier molecular flexibility index (Phi) is 5.93. The van der Waals surface area contributed by atoms with Gasteiger partial charge in [-0.25, -0.2) is 9.78 Å². The number of carbonyl (C=O) groups excluding carboxylic acids is 2. The molecule has 29 heavy (non-hydrogen) atoms. The van der Waals surface area contributed by atoms with Gasteiger partial charge in [-0.15, -0.1) is 0 Å². The lowest BCUT2D eigenvalue weighted by Gasteiger charge is -2.14. The Morgan fingerprint density at radius 1 is 0.966 bits per heavy atom. The highest BCUT2D eigenvalue weighted by Crippen LogP contribution is 2.25. The molecule has 0 bridgehead atoms. The van der Waals surface area contributed by atoms with Crippen molar-refractivity contribution in [2.75, 3.05) is 17.7 Å². The predicted octanol–water partition coefficient (Wildman–Crippen LogP) is 4.79. The van der Waals surface area contributed by atoms with E-state index >= 15 is 0 Å². The molecule has 0 aliphatic heterocycles. The fourth-order valence-electron chi connectivity index (χ4n) is 3.18. The monoisotopic (exact) mass is 389 g/mol. The minimum absolute atomic E-state index is 0.292. The van der Waals surface area contributed by atoms with E-state index in [0.29, 0.717) is 22.6 Å². The SMILES string of the molecule is COC(=O)c1ccccc1NC(=O)c1ccc(Nc2c(C)cc(C)cc2C)nc1. The third-order valence-electron chi connectivity index (χ3n) is 4.54. The van der Waals surface area contributed by atoms with Gasteiger partial charge in [-0.05, 0) is 56.2 Å². The summed E-state index contributed by atoms with van der Waals surface area (Å²) in [7, 11) is 1.30. The molecular weight excluding hydrogens is 366 g/mol. The highest BCUT2D eigenvalue weighted by atomic mass is 16.5. The maximum Gasteiger partial charge on any atom is 0.339 e. The van der Waals surface area contributed by atoms with E-state index in [0.717, 1.165) is 16.8 Å². The predicted molar refractivity (Wildman–Crippen MR) is 114 cm³/mol. The molecule has 0 unspecified atom stereocenters. The summed E-state index contributed by atoms with van der Waals surface area (Å²) in [5.74, 6) is -0.225. The number of aryl methyl sites for hydroxylation is 3. The van der Waals surface area contributed by atoms with Crippen LogP contribution in [0.1, 0.15) is 37.4 Å². The second kappa shape index (κ2) is 8.56. The Bertz CT molecular complexity index is 1040. The van der Waals surface area contributed by atoms with Gasteiger partial charge in [0.05, 0.1) is 23.9 Å². The summed E-state index contributed by atoms with van der Waals surface area (Å²) in [6, 6.07) is 14.3. The average Bonchev–Trinajstić information content (AvgIpc) is 2.71. The van der Waals surface area contributed by atoms with E-state index in [9.17, 15) is 9.59 Å². The van der Waals surface area contributed by atoms with Gasteiger partial charge in [0.1, 0.15) is 5.82 Å². The number of benzene rings is 2. The number of hydrogen-bond acceptors (Lipinski definition) is 5. The van der Waals surface area contributed by atoms with Crippen molar-refractivity contribution in [1.82, 2.24) is 4.98 Å². The number of pyridine rings is 1. The van der Waals surface area contributed by atoms with Crippen molar-refractivity contribution in [3.05, 3.63) is 82.5 Å². The van der Waals surface area contributed by atoms with Crippen LogP contribution >= 0.6 is 0 Å². The van der Waals surface area contributed by atoms with Gasteiger partial charge in [0.15, 0.2) is 0 Å². The largest absolute Gasteiger partial charge is 0.465 e. The lowest BCUT2D eigenvalue weighted by atomic mass is 10.1. The van der Waals surface area contributed by atoms with Crippen molar-refractivity contribution in [2.45, 2.75) is 20.8 Å². The second-order valence-corrected chi connectivity index (χ2v) is 6.82. The number of nitrogens with one attached hydrogen (secondary N) is 2. The molecule has 1 amide bonds. The number of esters is 1. The molecule has 1 heterocycles. The van der Waals surface area contributed by atoms with Gasteiger partial charge in [0, 0.05) is 11.9 Å². The summed E-state index contributed by atoms with van der Waals surface area (Å²) in [6.45, 7) is 6.15. The highest BCUT2D eigenvalue weighted by molar-refractivity contribution is 6.07. The fraction of sp³-hybridized carbons (Fsp3) is 0.174. The van der Waals surface area contributed by atoms with Crippen molar-refractivity contribution < 1.29 is 14.3 Å². The van der Waals surface area contributed by atoms with Crippen LogP contribution in [-0.4, -0.2) is 24.0 Å². The first-order chi connectivity index (χ1) is 13.9. The number of aromatic nitrogens is 1. The van der Waals surface area contributed by atoms with Crippen LogP contribution in [-0.2, 0) is 4.74 Å². The minimum atomic E-state index is -0.512. The number of rotatable bonds is 5. The number of para-hydroxylation sites is 1. The van der Waals surface area contributed by atoms with Gasteiger partial charge in [-0.3, -0.25) is 4.79 Å². The summed E-state index contributed by atoms with van der Waals surface area (Å²) in [5.41, 5.74) is 5.53. The van der Waals surface area contributed by atoms with Gasteiger partial charge in [0.2, 0.25) is 0 Å². The Labute approximate surface area is 169 Å². The number of anilines is 3. The summed E-state index contributed by atoms with van der Waals surface area (Å²) in [6.07, 6.45) is 1.50. The maximum absolute atomic E-state index is 12.6. The van der Waals surface area contributed by atoms with E-state index in [1.807, 2.05) is 13.8 Å². The molecule has 0 saturated carbocycles. The van der Waals surface area contributed by atoms with E-state index in [1.165, 1.54) is 18.9 Å². The molecule has 0 spiro atoms. The molecule has 6 heteroatoms. The van der Waals surface area contributed by atoms with Gasteiger partial charge in [-0.1, -0.05) is 29.8 Å². The molecule has 148 valence electrons. The molecular formula is C23H23N3O3. The summed E-state index contributed by atoms with van der Waals surface area (Å²) < 4.78 is 4.75. The second-order valence-electron chi connectivity index (χ2n) is 6.82. The number of amides is 1. The van der Waals surface area contributed by atoms with Crippen molar-refractivity contribution in [3.63, 3.8) is 0 Å². The zero-order valence-corrected chi connectivity index (χ0v) is 16.9. The van der Waals surface area contributed by atoms with Crippen molar-refractivity contribution in [3.8, 4) is 0 Å². The van der Waals surface area contributed by atoms with Crippen molar-refractivity contribution in [1.29, 1.82) is 0 Å². The molecule has 1 aromatic heterocycles. The van der Waals surface area contributed by atoms with Crippen LogP contribution in [0, 0.1) is 20.8 Å². The number of ether oxygens (including phenoxy) is 1. The zero-order valence-electron chi connectivity index (χ0n) is 16.9. The first-order valence-corrected chi connectivity index (χ1v) is 9.18. The van der Waals surface area contributed by atoms with E-state index in [4.69, 9.17) is 4.74 Å². The third-order valence-corrected chi connectivity index (χ3v) is 4.54. The number of hydrogen-bond donors (Lipinski definition) is 2. The number of methoxy groups -OCH3 is 1. The fourth-order valence-corrected chi connectivity index (χ4v) is 3.18. The van der Waals surface area contributed by atoms with Gasteiger partial charge < -0.3 is 15.4 Å². The Hall–Kier alpha value is -3.67. The van der Waals surface area contributed by atoms with Crippen molar-refractivity contribution in [2.24, 2.45) is 0 Å². The highest BCUT2D eigenvalue weighted by Gasteiger charge is 2.14. The maximum atomic E-state index is 12.6. The molecule has 0 aliphatic rings. The van der Waals surface area contributed by atoms with Crippen LogP contribution in [0.3, 0.4) is 0 Å². The first-order valence-electron chi connectivity index (χ1n) is 9.18. The Morgan fingerprint density at radius 2 is 1.66 bits per heavy atom. The van der Waals surface area contributed by atoms with Crippen LogP contribution in [0.5, 0.6) is 0 Å². The molecule has 0 atom stereocenters. The zero-order chi connectivity index (χ0) is 21.0. The summed E-state index contributed by atoms with van der Waals surface area (Å²) in [5, 5.41) is 6.05. The van der Waals surface area contributed by atoms with Gasteiger partial charge in [0.25, 0.3) is 5.91 Å².